The molecule has 2 N–H and O–H groups in total. The molecule has 14 heavy (non-hydrogen) atoms. The highest BCUT2D eigenvalue weighted by Gasteiger charge is 2.30. The van der Waals surface area contributed by atoms with Crippen molar-refractivity contribution in [3.8, 4) is 0 Å². The molecule has 80 valence electrons. The van der Waals surface area contributed by atoms with E-state index in [1.807, 2.05) is 0 Å². The molecule has 4 nitrogen and oxygen atoms in total. The molecular weight excluding hydrogens is 199 g/mol. The van der Waals surface area contributed by atoms with Gasteiger partial charge >= 0.3 is 6.18 Å². The van der Waals surface area contributed by atoms with Gasteiger partial charge in [-0.2, -0.15) is 18.2 Å². The van der Waals surface area contributed by atoms with E-state index in [0.717, 1.165) is 0 Å². The summed E-state index contributed by atoms with van der Waals surface area (Å²) in [5, 5.41) is 3.18. The van der Waals surface area contributed by atoms with Gasteiger partial charge in [0.15, 0.2) is 5.82 Å². The van der Waals surface area contributed by atoms with Crippen molar-refractivity contribution < 1.29 is 17.7 Å². The predicted molar refractivity (Wildman–Crippen MR) is 41.3 cm³/mol. The third kappa shape index (κ3) is 2.99. The Bertz CT molecular complexity index is 297. The van der Waals surface area contributed by atoms with Crippen LogP contribution >= 0.6 is 0 Å². The van der Waals surface area contributed by atoms with Gasteiger partial charge in [0.2, 0.25) is 5.89 Å². The molecule has 1 aromatic heterocycles. The minimum Gasteiger partial charge on any atom is -0.338 e. The molecule has 0 aromatic carbocycles. The highest BCUT2D eigenvalue weighted by Crippen LogP contribution is 2.20. The van der Waals surface area contributed by atoms with E-state index in [1.165, 1.54) is 0 Å². The van der Waals surface area contributed by atoms with Crippen molar-refractivity contribution in [2.24, 2.45) is 5.73 Å². The fraction of sp³-hybridized carbons (Fsp3) is 0.714. The van der Waals surface area contributed by atoms with Crippen LogP contribution in [0.2, 0.25) is 0 Å². The van der Waals surface area contributed by atoms with E-state index in [0.29, 0.717) is 6.42 Å². The third-order valence-electron chi connectivity index (χ3n) is 1.60. The predicted octanol–water partition coefficient (Wildman–Crippen LogP) is 1.58. The molecule has 0 aliphatic heterocycles. The first kappa shape index (κ1) is 11.0. The summed E-state index contributed by atoms with van der Waals surface area (Å²) in [4.78, 5) is 3.54. The molecule has 1 atom stereocenters. The summed E-state index contributed by atoms with van der Waals surface area (Å²) >= 11 is 0. The van der Waals surface area contributed by atoms with Gasteiger partial charge in [-0.3, -0.25) is 0 Å². The van der Waals surface area contributed by atoms with Crippen LogP contribution in [0, 0.1) is 0 Å². The summed E-state index contributed by atoms with van der Waals surface area (Å²) in [6.45, 7) is 1.78. The minimum absolute atomic E-state index is 0.0479. The average Bonchev–Trinajstić information content (AvgIpc) is 2.48. The molecule has 0 bridgehead atoms. The SMILES string of the molecule is CC[C@@H](N)c1nc(CC(F)(F)F)no1. The zero-order valence-electron chi connectivity index (χ0n) is 7.51. The third-order valence-corrected chi connectivity index (χ3v) is 1.60. The molecule has 0 fully saturated rings. The van der Waals surface area contributed by atoms with Crippen molar-refractivity contribution in [1.82, 2.24) is 10.1 Å². The molecule has 1 rings (SSSR count). The summed E-state index contributed by atoms with van der Waals surface area (Å²) in [6.07, 6.45) is -4.97. The van der Waals surface area contributed by atoms with Crippen LogP contribution in [0.3, 0.4) is 0 Å². The highest BCUT2D eigenvalue weighted by molar-refractivity contribution is 4.92. The second-order valence-corrected chi connectivity index (χ2v) is 2.86. The smallest absolute Gasteiger partial charge is 0.338 e. The summed E-state index contributed by atoms with van der Waals surface area (Å²) in [5.41, 5.74) is 5.49. The number of nitrogens with zero attached hydrogens (tertiary/aromatic N) is 2. The van der Waals surface area contributed by atoms with E-state index in [1.54, 1.807) is 6.92 Å². The maximum absolute atomic E-state index is 11.9. The zero-order valence-corrected chi connectivity index (χ0v) is 7.51. The quantitative estimate of drug-likeness (QED) is 0.820. The molecule has 0 aliphatic rings. The van der Waals surface area contributed by atoms with Gasteiger partial charge in [-0.1, -0.05) is 12.1 Å². The second kappa shape index (κ2) is 3.95. The Morgan fingerprint density at radius 2 is 2.14 bits per heavy atom. The van der Waals surface area contributed by atoms with Crippen LogP contribution in [0.5, 0.6) is 0 Å². The van der Waals surface area contributed by atoms with Crippen LogP contribution < -0.4 is 5.73 Å². The zero-order chi connectivity index (χ0) is 10.8. The van der Waals surface area contributed by atoms with Crippen molar-refractivity contribution in [1.29, 1.82) is 0 Å². The van der Waals surface area contributed by atoms with Crippen molar-refractivity contribution in [3.63, 3.8) is 0 Å². The summed E-state index contributed by atoms with van der Waals surface area (Å²) in [5.74, 6) is -0.330. The highest BCUT2D eigenvalue weighted by atomic mass is 19.4. The van der Waals surface area contributed by atoms with Gasteiger partial charge in [-0.25, -0.2) is 0 Å². The first-order valence-electron chi connectivity index (χ1n) is 4.07. The Morgan fingerprint density at radius 1 is 1.50 bits per heavy atom. The molecule has 1 aromatic rings. The van der Waals surface area contributed by atoms with Crippen LogP contribution in [-0.4, -0.2) is 16.3 Å². The monoisotopic (exact) mass is 209 g/mol. The standard InChI is InChI=1S/C7H10F3N3O/c1-2-4(11)6-12-5(13-14-6)3-7(8,9)10/h4H,2-3,11H2,1H3/t4-/m1/s1. The van der Waals surface area contributed by atoms with Gasteiger partial charge in [0, 0.05) is 0 Å². The lowest BCUT2D eigenvalue weighted by molar-refractivity contribution is -0.128. The van der Waals surface area contributed by atoms with Crippen LogP contribution in [0.4, 0.5) is 13.2 Å². The first-order valence-corrected chi connectivity index (χ1v) is 4.07. The van der Waals surface area contributed by atoms with E-state index in [-0.39, 0.29) is 11.7 Å². The number of alkyl halides is 3. The fourth-order valence-corrected chi connectivity index (χ4v) is 0.844. The van der Waals surface area contributed by atoms with Gasteiger partial charge in [-0.15, -0.1) is 0 Å². The molecule has 0 radical (unpaired) electrons. The van der Waals surface area contributed by atoms with Gasteiger partial charge in [0.05, 0.1) is 6.04 Å². The Morgan fingerprint density at radius 3 is 2.64 bits per heavy atom. The van der Waals surface area contributed by atoms with Crippen molar-refractivity contribution in [2.75, 3.05) is 0 Å². The van der Waals surface area contributed by atoms with Crippen LogP contribution in [-0.2, 0) is 6.42 Å². The van der Waals surface area contributed by atoms with Crippen LogP contribution in [0.25, 0.3) is 0 Å². The Balaban J connectivity index is 2.69. The van der Waals surface area contributed by atoms with Crippen molar-refractivity contribution in [2.45, 2.75) is 32.0 Å². The number of hydrogen-bond donors (Lipinski definition) is 1. The van der Waals surface area contributed by atoms with Gasteiger partial charge in [0.25, 0.3) is 0 Å². The van der Waals surface area contributed by atoms with Crippen LogP contribution in [0.1, 0.15) is 31.1 Å². The normalized spacial score (nSPS) is 14.4. The molecule has 0 unspecified atom stereocenters. The largest absolute Gasteiger partial charge is 0.396 e. The van der Waals surface area contributed by atoms with E-state index in [2.05, 4.69) is 14.7 Å². The summed E-state index contributed by atoms with van der Waals surface area (Å²) in [6, 6.07) is -0.496. The van der Waals surface area contributed by atoms with E-state index in [9.17, 15) is 13.2 Å². The Labute approximate surface area is 78.3 Å². The minimum atomic E-state index is -4.32. The van der Waals surface area contributed by atoms with E-state index < -0.39 is 18.6 Å². The summed E-state index contributed by atoms with van der Waals surface area (Å²) in [7, 11) is 0. The first-order chi connectivity index (χ1) is 6.42. The Kier molecular flexibility index (Phi) is 3.10. The maximum atomic E-state index is 11.9. The molecule has 1 heterocycles. The lowest BCUT2D eigenvalue weighted by atomic mass is 10.2. The van der Waals surface area contributed by atoms with E-state index >= 15 is 0 Å². The topological polar surface area (TPSA) is 64.9 Å². The number of hydrogen-bond acceptors (Lipinski definition) is 4. The fourth-order valence-electron chi connectivity index (χ4n) is 0.844. The molecule has 0 saturated heterocycles. The summed E-state index contributed by atoms with van der Waals surface area (Å²) < 4.78 is 40.2. The van der Waals surface area contributed by atoms with E-state index in [4.69, 9.17) is 5.73 Å². The number of nitrogens with two attached hydrogens (primary N) is 1. The van der Waals surface area contributed by atoms with Gasteiger partial charge < -0.3 is 10.3 Å². The number of aromatic nitrogens is 2. The average molecular weight is 209 g/mol. The molecule has 7 heteroatoms. The molecule has 0 spiro atoms. The number of halogens is 3. The Hall–Kier alpha value is -1.11. The maximum Gasteiger partial charge on any atom is 0.396 e. The molecule has 0 amide bonds. The second-order valence-electron chi connectivity index (χ2n) is 2.86. The van der Waals surface area contributed by atoms with Gasteiger partial charge in [-0.05, 0) is 6.42 Å². The molecule has 0 saturated carbocycles. The van der Waals surface area contributed by atoms with Crippen LogP contribution in [0.15, 0.2) is 4.52 Å². The number of rotatable bonds is 3. The lowest BCUT2D eigenvalue weighted by Gasteiger charge is -2.01. The lowest BCUT2D eigenvalue weighted by Crippen LogP contribution is -2.13. The molecular formula is C7H10F3N3O. The van der Waals surface area contributed by atoms with Gasteiger partial charge in [0.1, 0.15) is 6.42 Å². The molecule has 0 aliphatic carbocycles. The van der Waals surface area contributed by atoms with Crippen molar-refractivity contribution >= 4 is 0 Å². The van der Waals surface area contributed by atoms with Crippen molar-refractivity contribution in [3.05, 3.63) is 11.7 Å².